The van der Waals surface area contributed by atoms with Crippen LogP contribution in [-0.4, -0.2) is 21.9 Å². The molecule has 1 aromatic heterocycles. The van der Waals surface area contributed by atoms with E-state index >= 15 is 0 Å². The SMILES string of the molecule is O=C(Nc1nn(Cc2ccc(Cl)cc2)cc1Cl)C(F)(F)F. The number of aromatic nitrogens is 2. The minimum atomic E-state index is -5.00. The topological polar surface area (TPSA) is 46.9 Å². The van der Waals surface area contributed by atoms with Crippen molar-refractivity contribution in [1.82, 2.24) is 9.78 Å². The zero-order valence-corrected chi connectivity index (χ0v) is 11.8. The molecule has 2 aromatic rings. The van der Waals surface area contributed by atoms with Gasteiger partial charge in [-0.15, -0.1) is 0 Å². The van der Waals surface area contributed by atoms with Gasteiger partial charge in [0.2, 0.25) is 0 Å². The molecule has 0 saturated heterocycles. The van der Waals surface area contributed by atoms with Gasteiger partial charge >= 0.3 is 12.1 Å². The van der Waals surface area contributed by atoms with E-state index in [9.17, 15) is 18.0 Å². The zero-order valence-electron chi connectivity index (χ0n) is 10.3. The number of anilines is 1. The van der Waals surface area contributed by atoms with E-state index < -0.39 is 12.1 Å². The van der Waals surface area contributed by atoms with E-state index in [-0.39, 0.29) is 17.4 Å². The third-order valence-electron chi connectivity index (χ3n) is 2.46. The maximum absolute atomic E-state index is 12.2. The van der Waals surface area contributed by atoms with Gasteiger partial charge in [0, 0.05) is 11.2 Å². The van der Waals surface area contributed by atoms with E-state index in [1.165, 1.54) is 10.9 Å². The van der Waals surface area contributed by atoms with Gasteiger partial charge in [-0.3, -0.25) is 9.48 Å². The first-order chi connectivity index (χ1) is 9.75. The van der Waals surface area contributed by atoms with Crippen molar-refractivity contribution in [3.63, 3.8) is 0 Å². The molecule has 0 spiro atoms. The van der Waals surface area contributed by atoms with E-state index in [2.05, 4.69) is 5.10 Å². The number of carbonyl (C=O) groups excluding carboxylic acids is 1. The van der Waals surface area contributed by atoms with Gasteiger partial charge in [0.1, 0.15) is 5.02 Å². The number of nitrogens with zero attached hydrogens (tertiary/aromatic N) is 2. The Morgan fingerprint density at radius 2 is 1.86 bits per heavy atom. The molecule has 1 N–H and O–H groups in total. The van der Waals surface area contributed by atoms with Crippen molar-refractivity contribution < 1.29 is 18.0 Å². The lowest BCUT2D eigenvalue weighted by Crippen LogP contribution is -2.30. The van der Waals surface area contributed by atoms with Crippen LogP contribution < -0.4 is 5.32 Å². The first-order valence-electron chi connectivity index (χ1n) is 5.61. The van der Waals surface area contributed by atoms with Crippen LogP contribution in [0.3, 0.4) is 0 Å². The summed E-state index contributed by atoms with van der Waals surface area (Å²) in [6.07, 6.45) is -3.68. The Hall–Kier alpha value is -1.73. The van der Waals surface area contributed by atoms with Gasteiger partial charge in [-0.05, 0) is 17.7 Å². The molecule has 1 amide bonds. The van der Waals surface area contributed by atoms with E-state index in [4.69, 9.17) is 23.2 Å². The molecule has 0 aliphatic carbocycles. The number of nitrogens with one attached hydrogen (secondary N) is 1. The number of halogens is 5. The van der Waals surface area contributed by atoms with Gasteiger partial charge in [-0.1, -0.05) is 35.3 Å². The Morgan fingerprint density at radius 3 is 2.43 bits per heavy atom. The zero-order chi connectivity index (χ0) is 15.6. The van der Waals surface area contributed by atoms with Crippen LogP contribution in [0.15, 0.2) is 30.5 Å². The number of alkyl halides is 3. The summed E-state index contributed by atoms with van der Waals surface area (Å²) in [6.45, 7) is 0.277. The summed E-state index contributed by atoms with van der Waals surface area (Å²) >= 11 is 11.5. The van der Waals surface area contributed by atoms with E-state index in [1.54, 1.807) is 29.6 Å². The van der Waals surface area contributed by atoms with Crippen molar-refractivity contribution in [3.05, 3.63) is 46.1 Å². The molecule has 0 bridgehead atoms. The van der Waals surface area contributed by atoms with Crippen LogP contribution in [0.2, 0.25) is 10.0 Å². The molecule has 21 heavy (non-hydrogen) atoms. The quantitative estimate of drug-likeness (QED) is 0.927. The molecular formula is C12H8Cl2F3N3O. The third-order valence-corrected chi connectivity index (χ3v) is 2.99. The van der Waals surface area contributed by atoms with Crippen molar-refractivity contribution in [1.29, 1.82) is 0 Å². The largest absolute Gasteiger partial charge is 0.471 e. The standard InChI is InChI=1S/C12H8Cl2F3N3O/c13-8-3-1-7(2-4-8)5-20-6-9(14)10(19-20)18-11(21)12(15,16)17/h1-4,6H,5H2,(H,18,19,21). The Balaban J connectivity index is 2.12. The summed E-state index contributed by atoms with van der Waals surface area (Å²) in [6, 6.07) is 6.83. The summed E-state index contributed by atoms with van der Waals surface area (Å²) in [5.74, 6) is -2.46. The number of amides is 1. The highest BCUT2D eigenvalue weighted by atomic mass is 35.5. The summed E-state index contributed by atoms with van der Waals surface area (Å²) < 4.78 is 37.8. The van der Waals surface area contributed by atoms with Crippen molar-refractivity contribution in [3.8, 4) is 0 Å². The number of rotatable bonds is 3. The highest BCUT2D eigenvalue weighted by molar-refractivity contribution is 6.33. The molecule has 0 atom stereocenters. The number of benzene rings is 1. The number of carbonyl (C=O) groups is 1. The summed E-state index contributed by atoms with van der Waals surface area (Å²) in [5.41, 5.74) is 0.826. The second-order valence-corrected chi connectivity index (χ2v) is 4.95. The third kappa shape index (κ3) is 4.12. The molecule has 112 valence electrons. The number of hydrogen-bond donors (Lipinski definition) is 1. The molecule has 4 nitrogen and oxygen atoms in total. The van der Waals surface area contributed by atoms with Crippen LogP contribution in [0.5, 0.6) is 0 Å². The molecule has 1 heterocycles. The monoisotopic (exact) mass is 337 g/mol. The molecule has 2 rings (SSSR count). The fraction of sp³-hybridized carbons (Fsp3) is 0.167. The summed E-state index contributed by atoms with van der Waals surface area (Å²) in [7, 11) is 0. The van der Waals surface area contributed by atoms with E-state index in [0.717, 1.165) is 5.56 Å². The maximum Gasteiger partial charge on any atom is 0.471 e. The van der Waals surface area contributed by atoms with Gasteiger partial charge in [-0.2, -0.15) is 18.3 Å². The first-order valence-corrected chi connectivity index (χ1v) is 6.37. The van der Waals surface area contributed by atoms with E-state index in [1.807, 2.05) is 0 Å². The fourth-order valence-corrected chi connectivity index (χ4v) is 1.84. The molecule has 0 aliphatic rings. The van der Waals surface area contributed by atoms with Crippen LogP contribution in [-0.2, 0) is 11.3 Å². The van der Waals surface area contributed by atoms with Crippen LogP contribution in [0.25, 0.3) is 0 Å². The molecule has 0 fully saturated rings. The fourth-order valence-electron chi connectivity index (χ4n) is 1.52. The van der Waals surface area contributed by atoms with Crippen molar-refractivity contribution in [2.75, 3.05) is 5.32 Å². The Morgan fingerprint density at radius 1 is 1.24 bits per heavy atom. The van der Waals surface area contributed by atoms with Gasteiger partial charge in [0.15, 0.2) is 5.82 Å². The summed E-state index contributed by atoms with van der Waals surface area (Å²) in [4.78, 5) is 10.8. The maximum atomic E-state index is 12.2. The second-order valence-electron chi connectivity index (χ2n) is 4.10. The Kier molecular flexibility index (Phi) is 4.43. The lowest BCUT2D eigenvalue weighted by Gasteiger charge is -2.05. The lowest BCUT2D eigenvalue weighted by atomic mass is 10.2. The minimum Gasteiger partial charge on any atom is -0.300 e. The normalized spacial score (nSPS) is 11.5. The van der Waals surface area contributed by atoms with Crippen molar-refractivity contribution in [2.45, 2.75) is 12.7 Å². The van der Waals surface area contributed by atoms with Crippen LogP contribution in [0.1, 0.15) is 5.56 Å². The average Bonchev–Trinajstić information content (AvgIpc) is 2.71. The second kappa shape index (κ2) is 5.95. The first kappa shape index (κ1) is 15.7. The average molecular weight is 338 g/mol. The summed E-state index contributed by atoms with van der Waals surface area (Å²) in [5, 5.41) is 5.90. The highest BCUT2D eigenvalue weighted by Gasteiger charge is 2.39. The van der Waals surface area contributed by atoms with E-state index in [0.29, 0.717) is 5.02 Å². The molecule has 0 aliphatic heterocycles. The van der Waals surface area contributed by atoms with Gasteiger partial charge < -0.3 is 5.32 Å². The Labute approximate surface area is 127 Å². The molecule has 0 saturated carbocycles. The minimum absolute atomic E-state index is 0.0819. The molecular weight excluding hydrogens is 330 g/mol. The predicted octanol–water partition coefficient (Wildman–Crippen LogP) is 3.74. The van der Waals surface area contributed by atoms with Gasteiger partial charge in [0.25, 0.3) is 0 Å². The van der Waals surface area contributed by atoms with Crippen molar-refractivity contribution >= 4 is 34.9 Å². The highest BCUT2D eigenvalue weighted by Crippen LogP contribution is 2.23. The number of hydrogen-bond acceptors (Lipinski definition) is 2. The van der Waals surface area contributed by atoms with Gasteiger partial charge in [0.05, 0.1) is 6.54 Å². The Bertz CT molecular complexity index is 653. The van der Waals surface area contributed by atoms with Crippen LogP contribution in [0, 0.1) is 0 Å². The molecule has 1 aromatic carbocycles. The molecule has 0 unspecified atom stereocenters. The van der Waals surface area contributed by atoms with Crippen LogP contribution >= 0.6 is 23.2 Å². The molecule has 0 radical (unpaired) electrons. The smallest absolute Gasteiger partial charge is 0.300 e. The van der Waals surface area contributed by atoms with Crippen LogP contribution in [0.4, 0.5) is 19.0 Å². The lowest BCUT2D eigenvalue weighted by molar-refractivity contribution is -0.167. The molecule has 9 heteroatoms. The van der Waals surface area contributed by atoms with Gasteiger partial charge in [-0.25, -0.2) is 0 Å². The van der Waals surface area contributed by atoms with Crippen molar-refractivity contribution in [2.24, 2.45) is 0 Å². The predicted molar refractivity (Wildman–Crippen MR) is 72.5 cm³/mol.